The summed E-state index contributed by atoms with van der Waals surface area (Å²) in [5.41, 5.74) is 0. The molecular formula is C11H17N3O4S. The van der Waals surface area contributed by atoms with Gasteiger partial charge in [-0.3, -0.25) is 0 Å². The number of nitrogens with zero attached hydrogens (tertiary/aromatic N) is 1. The van der Waals surface area contributed by atoms with Gasteiger partial charge in [0.05, 0.1) is 11.6 Å². The Balaban J connectivity index is 2.26. The monoisotopic (exact) mass is 287 g/mol. The topological polar surface area (TPSA) is 101 Å². The van der Waals surface area contributed by atoms with Gasteiger partial charge in [0.2, 0.25) is 0 Å². The van der Waals surface area contributed by atoms with Crippen molar-refractivity contribution >= 4 is 23.3 Å². The fourth-order valence-corrected chi connectivity index (χ4v) is 2.03. The number of aromatic nitrogens is 1. The van der Waals surface area contributed by atoms with Crippen LogP contribution in [0.5, 0.6) is 0 Å². The van der Waals surface area contributed by atoms with Gasteiger partial charge in [0.15, 0.2) is 6.10 Å². The van der Waals surface area contributed by atoms with Crippen molar-refractivity contribution in [1.29, 1.82) is 0 Å². The van der Waals surface area contributed by atoms with Gasteiger partial charge in [-0.05, 0) is 0 Å². The molecule has 7 nitrogen and oxygen atoms in total. The summed E-state index contributed by atoms with van der Waals surface area (Å²) >= 11 is 1.53. The van der Waals surface area contributed by atoms with Gasteiger partial charge >= 0.3 is 12.0 Å². The average Bonchev–Trinajstić information content (AvgIpc) is 2.90. The highest BCUT2D eigenvalue weighted by Gasteiger charge is 2.17. The number of amides is 2. The number of carboxylic acids is 1. The summed E-state index contributed by atoms with van der Waals surface area (Å²) in [5, 5.41) is 16.6. The number of carbonyl (C=O) groups is 2. The number of methoxy groups -OCH3 is 1. The summed E-state index contributed by atoms with van der Waals surface area (Å²) < 4.78 is 4.70. The third-order valence-corrected chi connectivity index (χ3v) is 3.46. The van der Waals surface area contributed by atoms with Crippen LogP contribution in [0.2, 0.25) is 0 Å². The molecule has 8 heteroatoms. The molecule has 0 aliphatic heterocycles. The minimum atomic E-state index is -1.11. The molecule has 2 atom stereocenters. The molecule has 0 fully saturated rings. The van der Waals surface area contributed by atoms with Crippen molar-refractivity contribution < 1.29 is 19.4 Å². The van der Waals surface area contributed by atoms with Crippen molar-refractivity contribution in [3.05, 3.63) is 16.6 Å². The Hall–Kier alpha value is -1.67. The molecule has 2 unspecified atom stereocenters. The molecule has 0 saturated carbocycles. The van der Waals surface area contributed by atoms with Crippen LogP contribution >= 0.6 is 11.3 Å². The van der Waals surface area contributed by atoms with Gasteiger partial charge in [0.1, 0.15) is 0 Å². The molecule has 0 radical (unpaired) electrons. The highest BCUT2D eigenvalue weighted by molar-refractivity contribution is 7.09. The standard InChI is InChI=1S/C11H17N3O4S/c1-7(9-12-3-4-19-9)5-13-11(17)14-6-8(18-2)10(15)16/h3-4,7-8H,5-6H2,1-2H3,(H,15,16)(H2,13,14,17). The van der Waals surface area contributed by atoms with Crippen molar-refractivity contribution in [3.8, 4) is 0 Å². The first-order valence-corrected chi connectivity index (χ1v) is 6.59. The van der Waals surface area contributed by atoms with E-state index in [9.17, 15) is 9.59 Å². The van der Waals surface area contributed by atoms with Crippen molar-refractivity contribution in [1.82, 2.24) is 15.6 Å². The van der Waals surface area contributed by atoms with Crippen LogP contribution in [0.25, 0.3) is 0 Å². The summed E-state index contributed by atoms with van der Waals surface area (Å²) in [6.45, 7) is 2.31. The van der Waals surface area contributed by atoms with E-state index in [1.165, 1.54) is 18.4 Å². The molecule has 0 aliphatic carbocycles. The Labute approximate surface area is 115 Å². The predicted octanol–water partition coefficient (Wildman–Crippen LogP) is 0.645. The lowest BCUT2D eigenvalue weighted by atomic mass is 10.2. The van der Waals surface area contributed by atoms with Crippen molar-refractivity contribution in [3.63, 3.8) is 0 Å². The molecule has 2 amide bonds. The quantitative estimate of drug-likeness (QED) is 0.683. The van der Waals surface area contributed by atoms with E-state index >= 15 is 0 Å². The number of ether oxygens (including phenoxy) is 1. The van der Waals surface area contributed by atoms with E-state index in [1.807, 2.05) is 12.3 Å². The summed E-state index contributed by atoms with van der Waals surface area (Å²) in [7, 11) is 1.28. The van der Waals surface area contributed by atoms with E-state index in [1.54, 1.807) is 6.20 Å². The van der Waals surface area contributed by atoms with Gasteiger partial charge in [-0.1, -0.05) is 6.92 Å². The van der Waals surface area contributed by atoms with E-state index in [0.717, 1.165) is 5.01 Å². The van der Waals surface area contributed by atoms with Crippen LogP contribution < -0.4 is 10.6 Å². The van der Waals surface area contributed by atoms with Crippen LogP contribution in [0.3, 0.4) is 0 Å². The van der Waals surface area contributed by atoms with Crippen LogP contribution in [-0.4, -0.2) is 48.4 Å². The Kier molecular flexibility index (Phi) is 6.23. The van der Waals surface area contributed by atoms with E-state index in [-0.39, 0.29) is 12.5 Å². The van der Waals surface area contributed by atoms with E-state index in [2.05, 4.69) is 15.6 Å². The van der Waals surface area contributed by atoms with Crippen LogP contribution in [0, 0.1) is 0 Å². The van der Waals surface area contributed by atoms with Gasteiger partial charge < -0.3 is 20.5 Å². The zero-order chi connectivity index (χ0) is 14.3. The maximum absolute atomic E-state index is 11.5. The molecule has 0 saturated heterocycles. The number of hydrogen-bond donors (Lipinski definition) is 3. The first kappa shape index (κ1) is 15.4. The first-order chi connectivity index (χ1) is 9.04. The molecule has 1 aromatic rings. The summed E-state index contributed by atoms with van der Waals surface area (Å²) in [6, 6.07) is -0.424. The highest BCUT2D eigenvalue weighted by atomic mass is 32.1. The molecule has 1 aromatic heterocycles. The van der Waals surface area contributed by atoms with Gasteiger partial charge in [-0.15, -0.1) is 11.3 Å². The third kappa shape index (κ3) is 5.23. The van der Waals surface area contributed by atoms with Crippen LogP contribution in [0.15, 0.2) is 11.6 Å². The van der Waals surface area contributed by atoms with Gasteiger partial charge in [-0.25, -0.2) is 14.6 Å². The number of carbonyl (C=O) groups excluding carboxylic acids is 1. The molecule has 1 rings (SSSR count). The molecule has 0 bridgehead atoms. The van der Waals surface area contributed by atoms with Gasteiger partial charge in [0, 0.05) is 31.1 Å². The maximum atomic E-state index is 11.5. The van der Waals surface area contributed by atoms with E-state index < -0.39 is 18.1 Å². The number of carboxylic acid groups (broad SMARTS) is 1. The molecule has 0 spiro atoms. The van der Waals surface area contributed by atoms with Crippen molar-refractivity contribution in [2.24, 2.45) is 0 Å². The number of aliphatic carboxylic acids is 1. The predicted molar refractivity (Wildman–Crippen MR) is 70.4 cm³/mol. The Morgan fingerprint density at radius 1 is 1.47 bits per heavy atom. The van der Waals surface area contributed by atoms with E-state index in [4.69, 9.17) is 9.84 Å². The smallest absolute Gasteiger partial charge is 0.334 e. The van der Waals surface area contributed by atoms with Crippen LogP contribution in [0.4, 0.5) is 4.79 Å². The fraction of sp³-hybridized carbons (Fsp3) is 0.545. The third-order valence-electron chi connectivity index (χ3n) is 2.45. The number of rotatable bonds is 7. The minimum absolute atomic E-state index is 0.0801. The second-order valence-electron chi connectivity index (χ2n) is 3.92. The largest absolute Gasteiger partial charge is 0.479 e. The highest BCUT2D eigenvalue weighted by Crippen LogP contribution is 2.16. The number of thiazole rings is 1. The van der Waals surface area contributed by atoms with Crippen molar-refractivity contribution in [2.45, 2.75) is 18.9 Å². The Morgan fingerprint density at radius 2 is 2.16 bits per heavy atom. The SMILES string of the molecule is COC(CNC(=O)NCC(C)c1nccs1)C(=O)O. The lowest BCUT2D eigenvalue weighted by Crippen LogP contribution is -2.43. The number of nitrogens with one attached hydrogen (secondary N) is 2. The van der Waals surface area contributed by atoms with Gasteiger partial charge in [0.25, 0.3) is 0 Å². The molecule has 3 N–H and O–H groups in total. The number of hydrogen-bond acceptors (Lipinski definition) is 5. The molecule has 1 heterocycles. The lowest BCUT2D eigenvalue weighted by Gasteiger charge is -2.13. The number of urea groups is 1. The molecule has 0 aromatic carbocycles. The minimum Gasteiger partial charge on any atom is -0.479 e. The summed E-state index contributed by atoms with van der Waals surface area (Å²) in [6.07, 6.45) is 0.675. The molecule has 19 heavy (non-hydrogen) atoms. The Bertz CT molecular complexity index is 410. The first-order valence-electron chi connectivity index (χ1n) is 5.71. The molecule has 0 aliphatic rings. The normalized spacial score (nSPS) is 13.6. The lowest BCUT2D eigenvalue weighted by molar-refractivity contribution is -0.147. The average molecular weight is 287 g/mol. The van der Waals surface area contributed by atoms with Crippen molar-refractivity contribution in [2.75, 3.05) is 20.2 Å². The zero-order valence-electron chi connectivity index (χ0n) is 10.8. The zero-order valence-corrected chi connectivity index (χ0v) is 11.6. The maximum Gasteiger partial charge on any atom is 0.334 e. The summed E-state index contributed by atoms with van der Waals surface area (Å²) in [5.74, 6) is -0.998. The summed E-state index contributed by atoms with van der Waals surface area (Å²) in [4.78, 5) is 26.3. The molecule has 106 valence electrons. The van der Waals surface area contributed by atoms with Crippen LogP contribution in [-0.2, 0) is 9.53 Å². The second kappa shape index (κ2) is 7.70. The fourth-order valence-electron chi connectivity index (χ4n) is 1.33. The molecular weight excluding hydrogens is 270 g/mol. The second-order valence-corrected chi connectivity index (χ2v) is 4.85. The van der Waals surface area contributed by atoms with Gasteiger partial charge in [-0.2, -0.15) is 0 Å². The Morgan fingerprint density at radius 3 is 2.68 bits per heavy atom. The van der Waals surface area contributed by atoms with Crippen LogP contribution in [0.1, 0.15) is 17.8 Å². The van der Waals surface area contributed by atoms with E-state index in [0.29, 0.717) is 6.54 Å².